The predicted octanol–water partition coefficient (Wildman–Crippen LogP) is 5.19. The minimum Gasteiger partial charge on any atom is -0.493 e. The first-order chi connectivity index (χ1) is 14.8. The number of rotatable bonds is 10. The SMILES string of the molecule is CCCOc1ccc(Br)cc1/C=N/NC(=O)C(CC(C)C)NC(=O)c1ccc(Cl)cc1. The van der Waals surface area contributed by atoms with E-state index in [-0.39, 0.29) is 11.8 Å². The van der Waals surface area contributed by atoms with Crippen LogP contribution in [0.5, 0.6) is 5.75 Å². The summed E-state index contributed by atoms with van der Waals surface area (Å²) in [5.74, 6) is 0.143. The molecule has 0 spiro atoms. The van der Waals surface area contributed by atoms with Gasteiger partial charge in [-0.1, -0.05) is 48.3 Å². The lowest BCUT2D eigenvalue weighted by molar-refractivity contribution is -0.123. The molecule has 1 unspecified atom stereocenters. The Balaban J connectivity index is 2.07. The summed E-state index contributed by atoms with van der Waals surface area (Å²) < 4.78 is 6.59. The van der Waals surface area contributed by atoms with Gasteiger partial charge in [-0.2, -0.15) is 5.10 Å². The van der Waals surface area contributed by atoms with E-state index in [1.807, 2.05) is 39.0 Å². The van der Waals surface area contributed by atoms with E-state index in [4.69, 9.17) is 16.3 Å². The molecule has 0 aromatic heterocycles. The molecule has 0 fully saturated rings. The normalized spacial score (nSPS) is 12.1. The molecule has 0 saturated heterocycles. The fourth-order valence-electron chi connectivity index (χ4n) is 2.75. The smallest absolute Gasteiger partial charge is 0.262 e. The number of hydrazone groups is 1. The Hall–Kier alpha value is -2.38. The first kappa shape index (κ1) is 24.9. The zero-order chi connectivity index (χ0) is 22.8. The quantitative estimate of drug-likeness (QED) is 0.342. The van der Waals surface area contributed by atoms with E-state index < -0.39 is 11.9 Å². The van der Waals surface area contributed by atoms with Crippen molar-refractivity contribution in [3.63, 3.8) is 0 Å². The third kappa shape index (κ3) is 8.34. The van der Waals surface area contributed by atoms with E-state index in [1.165, 1.54) is 6.21 Å². The van der Waals surface area contributed by atoms with Gasteiger partial charge in [0.1, 0.15) is 11.8 Å². The van der Waals surface area contributed by atoms with Crippen LogP contribution in [0.3, 0.4) is 0 Å². The maximum atomic E-state index is 12.7. The summed E-state index contributed by atoms with van der Waals surface area (Å²) in [5, 5.41) is 7.40. The maximum absolute atomic E-state index is 12.7. The fraction of sp³-hybridized carbons (Fsp3) is 0.348. The molecule has 8 heteroatoms. The molecule has 0 bridgehead atoms. The van der Waals surface area contributed by atoms with E-state index in [2.05, 4.69) is 31.8 Å². The second kappa shape index (κ2) is 12.5. The highest BCUT2D eigenvalue weighted by Crippen LogP contribution is 2.22. The highest BCUT2D eigenvalue weighted by Gasteiger charge is 2.22. The number of amides is 2. The number of ether oxygens (including phenoxy) is 1. The van der Waals surface area contributed by atoms with E-state index in [0.717, 1.165) is 16.5 Å². The summed E-state index contributed by atoms with van der Waals surface area (Å²) in [4.78, 5) is 25.2. The molecule has 0 radical (unpaired) electrons. The molecule has 0 saturated carbocycles. The molecule has 2 rings (SSSR count). The lowest BCUT2D eigenvalue weighted by Gasteiger charge is -2.19. The van der Waals surface area contributed by atoms with Crippen molar-refractivity contribution >= 4 is 45.6 Å². The second-order valence-electron chi connectivity index (χ2n) is 7.43. The number of carbonyl (C=O) groups excluding carboxylic acids is 2. The van der Waals surface area contributed by atoms with Crippen molar-refractivity contribution in [3.05, 3.63) is 63.1 Å². The fourth-order valence-corrected chi connectivity index (χ4v) is 3.26. The number of halogens is 2. The molecule has 0 aliphatic carbocycles. The van der Waals surface area contributed by atoms with Gasteiger partial charge in [-0.05, 0) is 61.2 Å². The highest BCUT2D eigenvalue weighted by molar-refractivity contribution is 9.10. The van der Waals surface area contributed by atoms with Crippen LogP contribution in [0, 0.1) is 5.92 Å². The minimum atomic E-state index is -0.723. The van der Waals surface area contributed by atoms with Crippen LogP contribution in [0.25, 0.3) is 0 Å². The van der Waals surface area contributed by atoms with Gasteiger partial charge in [0.2, 0.25) is 0 Å². The predicted molar refractivity (Wildman–Crippen MR) is 128 cm³/mol. The Morgan fingerprint density at radius 3 is 2.55 bits per heavy atom. The number of carbonyl (C=O) groups is 2. The Labute approximate surface area is 196 Å². The average Bonchev–Trinajstić information content (AvgIpc) is 2.72. The summed E-state index contributed by atoms with van der Waals surface area (Å²) in [6.45, 7) is 6.58. The van der Waals surface area contributed by atoms with E-state index >= 15 is 0 Å². The Kier molecular flexibility index (Phi) is 10.0. The maximum Gasteiger partial charge on any atom is 0.262 e. The molecule has 31 heavy (non-hydrogen) atoms. The van der Waals surface area contributed by atoms with Crippen molar-refractivity contribution in [1.82, 2.24) is 10.7 Å². The van der Waals surface area contributed by atoms with E-state index in [9.17, 15) is 9.59 Å². The van der Waals surface area contributed by atoms with Crippen LogP contribution in [-0.4, -0.2) is 30.7 Å². The summed E-state index contributed by atoms with van der Waals surface area (Å²) in [6, 6.07) is 11.4. The van der Waals surface area contributed by atoms with Gasteiger partial charge in [0.25, 0.3) is 11.8 Å². The number of hydrogen-bond donors (Lipinski definition) is 2. The van der Waals surface area contributed by atoms with E-state index in [0.29, 0.717) is 29.4 Å². The topological polar surface area (TPSA) is 79.8 Å². The van der Waals surface area contributed by atoms with Crippen LogP contribution in [-0.2, 0) is 4.79 Å². The molecule has 2 aromatic rings. The molecule has 2 N–H and O–H groups in total. The Morgan fingerprint density at radius 1 is 1.19 bits per heavy atom. The van der Waals surface area contributed by atoms with Gasteiger partial charge in [0, 0.05) is 20.6 Å². The van der Waals surface area contributed by atoms with Crippen molar-refractivity contribution in [2.75, 3.05) is 6.61 Å². The molecule has 6 nitrogen and oxygen atoms in total. The Morgan fingerprint density at radius 2 is 1.90 bits per heavy atom. The minimum absolute atomic E-state index is 0.198. The lowest BCUT2D eigenvalue weighted by Crippen LogP contribution is -2.46. The lowest BCUT2D eigenvalue weighted by atomic mass is 10.0. The third-order valence-corrected chi connectivity index (χ3v) is 4.99. The third-order valence-electron chi connectivity index (χ3n) is 4.25. The molecule has 1 atom stereocenters. The largest absolute Gasteiger partial charge is 0.493 e. The van der Waals surface area contributed by atoms with Crippen molar-refractivity contribution in [2.24, 2.45) is 11.0 Å². The summed E-state index contributed by atoms with van der Waals surface area (Å²) in [7, 11) is 0. The monoisotopic (exact) mass is 507 g/mol. The zero-order valence-electron chi connectivity index (χ0n) is 17.8. The second-order valence-corrected chi connectivity index (χ2v) is 8.78. The van der Waals surface area contributed by atoms with Crippen molar-refractivity contribution < 1.29 is 14.3 Å². The Bertz CT molecular complexity index is 917. The van der Waals surface area contributed by atoms with Crippen LogP contribution in [0.1, 0.15) is 49.5 Å². The summed E-state index contributed by atoms with van der Waals surface area (Å²) >= 11 is 9.30. The van der Waals surface area contributed by atoms with Gasteiger partial charge in [0.15, 0.2) is 0 Å². The van der Waals surface area contributed by atoms with Gasteiger partial charge in [-0.15, -0.1) is 0 Å². The van der Waals surface area contributed by atoms with Gasteiger partial charge >= 0.3 is 0 Å². The molecule has 166 valence electrons. The molecular weight excluding hydrogens is 482 g/mol. The summed E-state index contributed by atoms with van der Waals surface area (Å²) in [5.41, 5.74) is 3.69. The first-order valence-electron chi connectivity index (χ1n) is 10.1. The number of benzene rings is 2. The molecule has 2 amide bonds. The molecule has 0 aliphatic rings. The van der Waals surface area contributed by atoms with Crippen LogP contribution in [0.2, 0.25) is 5.02 Å². The molecule has 0 heterocycles. The van der Waals surface area contributed by atoms with Crippen LogP contribution < -0.4 is 15.5 Å². The number of nitrogens with one attached hydrogen (secondary N) is 2. The molecular formula is C23H27BrClN3O3. The van der Waals surface area contributed by atoms with Crippen LogP contribution in [0.4, 0.5) is 0 Å². The zero-order valence-corrected chi connectivity index (χ0v) is 20.2. The highest BCUT2D eigenvalue weighted by atomic mass is 79.9. The van der Waals surface area contributed by atoms with Crippen LogP contribution >= 0.6 is 27.5 Å². The van der Waals surface area contributed by atoms with Crippen molar-refractivity contribution in [3.8, 4) is 5.75 Å². The number of hydrogen-bond acceptors (Lipinski definition) is 4. The van der Waals surface area contributed by atoms with E-state index in [1.54, 1.807) is 24.3 Å². The first-order valence-corrected chi connectivity index (χ1v) is 11.3. The van der Waals surface area contributed by atoms with Gasteiger partial charge in [-0.3, -0.25) is 9.59 Å². The van der Waals surface area contributed by atoms with Gasteiger partial charge in [0.05, 0.1) is 12.8 Å². The van der Waals surface area contributed by atoms with Gasteiger partial charge < -0.3 is 10.1 Å². The van der Waals surface area contributed by atoms with Crippen molar-refractivity contribution in [1.29, 1.82) is 0 Å². The molecule has 2 aromatic carbocycles. The van der Waals surface area contributed by atoms with Gasteiger partial charge in [-0.25, -0.2) is 5.43 Å². The van der Waals surface area contributed by atoms with Crippen LogP contribution in [0.15, 0.2) is 52.0 Å². The molecule has 0 aliphatic heterocycles. The number of nitrogens with zero attached hydrogens (tertiary/aromatic N) is 1. The average molecular weight is 509 g/mol. The standard InChI is InChI=1S/C23H27BrClN3O3/c1-4-11-31-21-10-7-18(24)13-17(21)14-26-28-23(30)20(12-15(2)3)27-22(29)16-5-8-19(25)9-6-16/h5-10,13-15,20H,4,11-12H2,1-3H3,(H,27,29)(H,28,30)/b26-14+. The van der Waals surface area contributed by atoms with Crippen molar-refractivity contribution in [2.45, 2.75) is 39.7 Å². The summed E-state index contributed by atoms with van der Waals surface area (Å²) in [6.07, 6.45) is 2.89.